The Labute approximate surface area is 93.6 Å². The van der Waals surface area contributed by atoms with Crippen molar-refractivity contribution in [2.75, 3.05) is 0 Å². The molecule has 0 spiro atoms. The Balaban J connectivity index is 3.33. The molecule has 0 saturated carbocycles. The van der Waals surface area contributed by atoms with Crippen molar-refractivity contribution in [3.05, 3.63) is 28.8 Å². The molecular weight excluding hydrogens is 233 g/mol. The average molecular weight is 243 g/mol. The minimum absolute atomic E-state index is 0.140. The topological polar surface area (TPSA) is 69.4 Å². The molecule has 0 heterocycles. The van der Waals surface area contributed by atoms with Crippen LogP contribution < -0.4 is 9.92 Å². The normalized spacial score (nSPS) is 10.9. The number of terminal acetylenes is 1. The third-order valence-electron chi connectivity index (χ3n) is 2.04. The Kier molecular flexibility index (Phi) is 3.52. The molecule has 1 rings (SSSR count). The molecule has 0 radical (unpaired) electrons. The van der Waals surface area contributed by atoms with E-state index in [9.17, 15) is 12.3 Å². The van der Waals surface area contributed by atoms with E-state index in [1.54, 1.807) is 13.0 Å². The molecule has 0 unspecified atom stereocenters. The van der Waals surface area contributed by atoms with Gasteiger partial charge in [-0.25, -0.2) is 0 Å². The zero-order valence-electron chi connectivity index (χ0n) is 8.53. The zero-order chi connectivity index (χ0) is 12.3. The van der Waals surface area contributed by atoms with Gasteiger partial charge in [0.2, 0.25) is 0 Å². The van der Waals surface area contributed by atoms with E-state index in [0.29, 0.717) is 16.7 Å². The van der Waals surface area contributed by atoms with Crippen LogP contribution in [0.5, 0.6) is 5.75 Å². The van der Waals surface area contributed by atoms with Gasteiger partial charge in [-0.1, -0.05) is 9.81 Å². The summed E-state index contributed by atoms with van der Waals surface area (Å²) in [4.78, 5) is 0. The summed E-state index contributed by atoms with van der Waals surface area (Å²) >= 11 is 0. The van der Waals surface area contributed by atoms with Gasteiger partial charge in [0.1, 0.15) is 5.75 Å². The maximum absolute atomic E-state index is 12.4. The molecule has 0 aromatic heterocycles. The van der Waals surface area contributed by atoms with Crippen molar-refractivity contribution in [3.8, 4) is 18.1 Å². The summed E-state index contributed by atoms with van der Waals surface area (Å²) in [5, 5.41) is 0. The fraction of sp³-hybridized carbons (Fsp3) is 0.200. The van der Waals surface area contributed by atoms with E-state index in [4.69, 9.17) is 12.2 Å². The van der Waals surface area contributed by atoms with Gasteiger partial charge in [0.05, 0.1) is 0 Å². The number of hydrogen-bond donors (Lipinski definition) is 1. The highest BCUT2D eigenvalue weighted by Crippen LogP contribution is 2.25. The van der Waals surface area contributed by atoms with E-state index in [-0.39, 0.29) is 12.3 Å². The lowest BCUT2D eigenvalue weighted by Gasteiger charge is -2.09. The van der Waals surface area contributed by atoms with Crippen LogP contribution >= 0.6 is 0 Å². The zero-order valence-corrected chi connectivity index (χ0v) is 9.34. The third-order valence-corrected chi connectivity index (χ3v) is 2.42. The van der Waals surface area contributed by atoms with E-state index in [0.717, 1.165) is 0 Å². The fourth-order valence-corrected chi connectivity index (χ4v) is 1.62. The molecule has 1 aromatic rings. The first-order valence-corrected chi connectivity index (χ1v) is 5.62. The third kappa shape index (κ3) is 2.95. The molecule has 0 atom stereocenters. The molecule has 0 aliphatic rings. The van der Waals surface area contributed by atoms with Crippen LogP contribution in [0.1, 0.15) is 16.7 Å². The highest BCUT2D eigenvalue weighted by molar-refractivity contribution is 7.81. The summed E-state index contributed by atoms with van der Waals surface area (Å²) in [6.07, 6.45) is 5.17. The highest BCUT2D eigenvalue weighted by atomic mass is 32.3. The molecule has 0 saturated heterocycles. The number of hydrogen-bond acceptors (Lipinski definition) is 4. The lowest BCUT2D eigenvalue weighted by Crippen LogP contribution is -2.06. The van der Waals surface area contributed by atoms with Gasteiger partial charge in [0, 0.05) is 12.1 Å². The minimum atomic E-state index is -5.06. The van der Waals surface area contributed by atoms with Crippen molar-refractivity contribution >= 4 is 10.5 Å². The summed E-state index contributed by atoms with van der Waals surface area (Å²) in [6.45, 7) is 1.73. The molecule has 0 bridgehead atoms. The molecule has 0 aliphatic heterocycles. The predicted molar refractivity (Wildman–Crippen MR) is 57.7 cm³/mol. The van der Waals surface area contributed by atoms with E-state index >= 15 is 0 Å². The molecule has 4 nitrogen and oxygen atoms in total. The van der Waals surface area contributed by atoms with Crippen LogP contribution in [0.2, 0.25) is 0 Å². The molecular formula is C10H10FNO3S. The van der Waals surface area contributed by atoms with Crippen LogP contribution in [0.15, 0.2) is 12.1 Å². The van der Waals surface area contributed by atoms with Crippen molar-refractivity contribution in [2.24, 2.45) is 5.73 Å². The van der Waals surface area contributed by atoms with Crippen molar-refractivity contribution < 1.29 is 16.5 Å². The van der Waals surface area contributed by atoms with Crippen molar-refractivity contribution in [1.82, 2.24) is 0 Å². The summed E-state index contributed by atoms with van der Waals surface area (Å²) in [5.74, 6) is 2.16. The standard InChI is InChI=1S/C10H10FNO3S/c1-3-8-4-9(6-12)7(2)10(5-8)15-16(11,13)14/h1,4-5H,6,12H2,2H3. The van der Waals surface area contributed by atoms with Gasteiger partial charge in [0.15, 0.2) is 0 Å². The summed E-state index contributed by atoms with van der Waals surface area (Å²) in [5.41, 5.74) is 6.87. The SMILES string of the molecule is C#Cc1cc(CN)c(C)c(OS(=O)(=O)F)c1. The van der Waals surface area contributed by atoms with Gasteiger partial charge in [-0.3, -0.25) is 0 Å². The quantitative estimate of drug-likeness (QED) is 0.636. The minimum Gasteiger partial charge on any atom is -0.358 e. The lowest BCUT2D eigenvalue weighted by atomic mass is 10.0. The summed E-state index contributed by atoms with van der Waals surface area (Å²) < 4.78 is 37.3. The van der Waals surface area contributed by atoms with Crippen molar-refractivity contribution in [1.29, 1.82) is 0 Å². The molecule has 86 valence electrons. The molecule has 1 aromatic carbocycles. The Morgan fingerprint density at radius 3 is 2.62 bits per heavy atom. The van der Waals surface area contributed by atoms with Gasteiger partial charge < -0.3 is 9.92 Å². The van der Waals surface area contributed by atoms with Crippen LogP contribution in [0, 0.1) is 19.3 Å². The number of benzene rings is 1. The number of nitrogens with two attached hydrogens (primary N) is 1. The van der Waals surface area contributed by atoms with Gasteiger partial charge in [0.25, 0.3) is 0 Å². The van der Waals surface area contributed by atoms with Crippen LogP contribution in [0.25, 0.3) is 0 Å². The van der Waals surface area contributed by atoms with Crippen LogP contribution in [-0.4, -0.2) is 8.42 Å². The maximum Gasteiger partial charge on any atom is 0.488 e. The Morgan fingerprint density at radius 2 is 2.19 bits per heavy atom. The van der Waals surface area contributed by atoms with Gasteiger partial charge in [-0.15, -0.1) is 6.42 Å². The molecule has 6 heteroatoms. The molecule has 16 heavy (non-hydrogen) atoms. The van der Waals surface area contributed by atoms with Gasteiger partial charge in [-0.2, -0.15) is 8.42 Å². The molecule has 0 amide bonds. The second-order valence-electron chi connectivity index (χ2n) is 3.08. The smallest absolute Gasteiger partial charge is 0.358 e. The number of halogens is 1. The second-order valence-corrected chi connectivity index (χ2v) is 4.04. The van der Waals surface area contributed by atoms with Crippen LogP contribution in [0.4, 0.5) is 3.89 Å². The first-order valence-electron chi connectivity index (χ1n) is 4.31. The van der Waals surface area contributed by atoms with Gasteiger partial charge in [-0.05, 0) is 30.2 Å². The average Bonchev–Trinajstić information content (AvgIpc) is 2.19. The number of rotatable bonds is 3. The summed E-state index contributed by atoms with van der Waals surface area (Å²) in [6, 6.07) is 2.89. The maximum atomic E-state index is 12.4. The first-order chi connectivity index (χ1) is 7.37. The molecule has 0 aliphatic carbocycles. The molecule has 2 N–H and O–H groups in total. The Bertz CT molecular complexity index is 546. The highest BCUT2D eigenvalue weighted by Gasteiger charge is 2.14. The van der Waals surface area contributed by atoms with E-state index < -0.39 is 10.5 Å². The Morgan fingerprint density at radius 1 is 1.56 bits per heavy atom. The van der Waals surface area contributed by atoms with E-state index in [2.05, 4.69) is 10.1 Å². The lowest BCUT2D eigenvalue weighted by molar-refractivity contribution is 0.438. The first kappa shape index (κ1) is 12.5. The van der Waals surface area contributed by atoms with Crippen LogP contribution in [0.3, 0.4) is 0 Å². The largest absolute Gasteiger partial charge is 0.488 e. The monoisotopic (exact) mass is 243 g/mol. The van der Waals surface area contributed by atoms with Crippen LogP contribution in [-0.2, 0) is 17.0 Å². The predicted octanol–water partition coefficient (Wildman–Crippen LogP) is 1.03. The molecule has 0 fully saturated rings. The fourth-order valence-electron chi connectivity index (χ4n) is 1.23. The van der Waals surface area contributed by atoms with E-state index in [1.807, 2.05) is 0 Å². The van der Waals surface area contributed by atoms with Crippen molar-refractivity contribution in [3.63, 3.8) is 0 Å². The second kappa shape index (κ2) is 4.51. The van der Waals surface area contributed by atoms with Crippen molar-refractivity contribution in [2.45, 2.75) is 13.5 Å². The van der Waals surface area contributed by atoms with E-state index in [1.165, 1.54) is 6.07 Å². The van der Waals surface area contributed by atoms with Gasteiger partial charge >= 0.3 is 10.5 Å². The Hall–Kier alpha value is -1.58. The summed E-state index contributed by atoms with van der Waals surface area (Å²) in [7, 11) is -5.06.